The van der Waals surface area contributed by atoms with Crippen molar-refractivity contribution in [2.45, 2.75) is 25.3 Å². The minimum atomic E-state index is 0.582. The topological polar surface area (TPSA) is 12.0 Å². The highest BCUT2D eigenvalue weighted by molar-refractivity contribution is 5.77. The molecule has 0 bridgehead atoms. The first kappa shape index (κ1) is 10.3. The van der Waals surface area contributed by atoms with E-state index in [4.69, 9.17) is 0 Å². The third-order valence-electron chi connectivity index (χ3n) is 4.28. The number of benzene rings is 2. The minimum Gasteiger partial charge on any atom is -0.310 e. The van der Waals surface area contributed by atoms with Gasteiger partial charge >= 0.3 is 0 Å². The first-order valence-electron chi connectivity index (χ1n) is 6.86. The molecule has 0 saturated carbocycles. The Kier molecular flexibility index (Phi) is 2.27. The molecular weight excluding hydrogens is 218 g/mol. The highest BCUT2D eigenvalue weighted by atomic mass is 14.9. The molecule has 1 heterocycles. The molecular formula is C17H17N. The van der Waals surface area contributed by atoms with Crippen LogP contribution in [-0.2, 0) is 6.42 Å². The summed E-state index contributed by atoms with van der Waals surface area (Å²) < 4.78 is 0. The molecule has 2 aromatic carbocycles. The van der Waals surface area contributed by atoms with Crippen LogP contribution in [0.5, 0.6) is 0 Å². The molecule has 1 N–H and O–H groups in total. The summed E-state index contributed by atoms with van der Waals surface area (Å²) in [7, 11) is 0. The monoisotopic (exact) mass is 235 g/mol. The van der Waals surface area contributed by atoms with Gasteiger partial charge in [-0.1, -0.05) is 42.5 Å². The molecule has 1 atom stereocenters. The van der Waals surface area contributed by atoms with E-state index in [0.29, 0.717) is 6.04 Å². The van der Waals surface area contributed by atoms with Gasteiger partial charge in [0.05, 0.1) is 0 Å². The van der Waals surface area contributed by atoms with E-state index >= 15 is 0 Å². The summed E-state index contributed by atoms with van der Waals surface area (Å²) in [6, 6.07) is 16.4. The Morgan fingerprint density at radius 1 is 0.944 bits per heavy atom. The summed E-state index contributed by atoms with van der Waals surface area (Å²) in [6.07, 6.45) is 3.69. The van der Waals surface area contributed by atoms with E-state index in [-0.39, 0.29) is 0 Å². The predicted molar refractivity (Wildman–Crippen MR) is 74.7 cm³/mol. The van der Waals surface area contributed by atoms with Gasteiger partial charge in [-0.15, -0.1) is 0 Å². The molecule has 0 spiro atoms. The lowest BCUT2D eigenvalue weighted by Crippen LogP contribution is -2.12. The summed E-state index contributed by atoms with van der Waals surface area (Å²) in [6.45, 7) is 1.17. The van der Waals surface area contributed by atoms with Gasteiger partial charge in [0.1, 0.15) is 0 Å². The van der Waals surface area contributed by atoms with Crippen molar-refractivity contribution >= 4 is 0 Å². The second-order valence-electron chi connectivity index (χ2n) is 5.40. The highest BCUT2D eigenvalue weighted by Crippen LogP contribution is 2.38. The quantitative estimate of drug-likeness (QED) is 0.678. The molecule has 0 unspecified atom stereocenters. The summed E-state index contributed by atoms with van der Waals surface area (Å²) >= 11 is 0. The summed E-state index contributed by atoms with van der Waals surface area (Å²) in [5.74, 6) is 0. The summed E-state index contributed by atoms with van der Waals surface area (Å²) in [5, 5.41) is 3.59. The molecule has 1 saturated heterocycles. The van der Waals surface area contributed by atoms with E-state index in [1.54, 1.807) is 0 Å². The third kappa shape index (κ3) is 1.51. The molecule has 1 nitrogen and oxygen atoms in total. The average molecular weight is 235 g/mol. The third-order valence-corrected chi connectivity index (χ3v) is 4.28. The summed E-state index contributed by atoms with van der Waals surface area (Å²) in [4.78, 5) is 0. The maximum Gasteiger partial charge on any atom is 0.0320 e. The lowest BCUT2D eigenvalue weighted by Gasteiger charge is -2.12. The number of hydrogen-bond acceptors (Lipinski definition) is 1. The Morgan fingerprint density at radius 2 is 1.83 bits per heavy atom. The maximum atomic E-state index is 3.59. The van der Waals surface area contributed by atoms with Gasteiger partial charge in [0.15, 0.2) is 0 Å². The fraction of sp³-hybridized carbons (Fsp3) is 0.294. The molecule has 0 amide bonds. The molecule has 2 aliphatic rings. The van der Waals surface area contributed by atoms with Crippen LogP contribution >= 0.6 is 0 Å². The normalized spacial score (nSPS) is 20.8. The molecule has 1 aliphatic heterocycles. The van der Waals surface area contributed by atoms with E-state index in [9.17, 15) is 0 Å². The van der Waals surface area contributed by atoms with Gasteiger partial charge in [0, 0.05) is 6.04 Å². The molecule has 1 aliphatic carbocycles. The van der Waals surface area contributed by atoms with Crippen molar-refractivity contribution in [1.82, 2.24) is 5.32 Å². The zero-order valence-electron chi connectivity index (χ0n) is 10.4. The molecule has 1 heteroatoms. The van der Waals surface area contributed by atoms with Crippen LogP contribution in [0, 0.1) is 0 Å². The van der Waals surface area contributed by atoms with Crippen LogP contribution in [-0.4, -0.2) is 6.54 Å². The molecule has 90 valence electrons. The van der Waals surface area contributed by atoms with Crippen molar-refractivity contribution in [3.8, 4) is 11.1 Å². The van der Waals surface area contributed by atoms with Gasteiger partial charge in [-0.2, -0.15) is 0 Å². The van der Waals surface area contributed by atoms with E-state index in [1.165, 1.54) is 47.2 Å². The van der Waals surface area contributed by atoms with Crippen LogP contribution in [0.15, 0.2) is 42.5 Å². The van der Waals surface area contributed by atoms with Crippen molar-refractivity contribution in [3.63, 3.8) is 0 Å². The van der Waals surface area contributed by atoms with Crippen LogP contribution in [0.1, 0.15) is 35.6 Å². The molecule has 1 fully saturated rings. The first-order chi connectivity index (χ1) is 8.92. The van der Waals surface area contributed by atoms with Crippen LogP contribution in [0.2, 0.25) is 0 Å². The van der Waals surface area contributed by atoms with Crippen LogP contribution < -0.4 is 5.32 Å². The highest BCUT2D eigenvalue weighted by Gasteiger charge is 2.21. The van der Waals surface area contributed by atoms with Gasteiger partial charge in [-0.25, -0.2) is 0 Å². The average Bonchev–Trinajstić information content (AvgIpc) is 3.05. The van der Waals surface area contributed by atoms with E-state index in [1.807, 2.05) is 0 Å². The Bertz CT molecular complexity index is 594. The smallest absolute Gasteiger partial charge is 0.0320 e. The molecule has 0 aromatic heterocycles. The summed E-state index contributed by atoms with van der Waals surface area (Å²) in [5.41, 5.74) is 7.32. The number of nitrogens with one attached hydrogen (secondary N) is 1. The van der Waals surface area contributed by atoms with Gasteiger partial charge in [0.25, 0.3) is 0 Å². The number of fused-ring (bicyclic) bond motifs is 3. The zero-order valence-corrected chi connectivity index (χ0v) is 10.4. The second-order valence-corrected chi connectivity index (χ2v) is 5.40. The number of hydrogen-bond donors (Lipinski definition) is 1. The van der Waals surface area contributed by atoms with Crippen molar-refractivity contribution in [3.05, 3.63) is 59.2 Å². The van der Waals surface area contributed by atoms with Gasteiger partial charge in [-0.3, -0.25) is 0 Å². The van der Waals surface area contributed by atoms with E-state index < -0.39 is 0 Å². The Labute approximate surface area is 108 Å². The zero-order chi connectivity index (χ0) is 11.9. The van der Waals surface area contributed by atoms with Crippen molar-refractivity contribution in [2.24, 2.45) is 0 Å². The standard InChI is InChI=1S/C17H17N/c1-2-5-15-12(4-1)10-14-11-13(7-8-16(14)15)17-6-3-9-18-17/h1-2,4-5,7-8,11,17-18H,3,6,9-10H2/t17-/m1/s1. The lowest BCUT2D eigenvalue weighted by molar-refractivity contribution is 0.647. The van der Waals surface area contributed by atoms with Crippen LogP contribution in [0.25, 0.3) is 11.1 Å². The second kappa shape index (κ2) is 3.96. The van der Waals surface area contributed by atoms with Gasteiger partial charge in [-0.05, 0) is 53.6 Å². The largest absolute Gasteiger partial charge is 0.310 e. The fourth-order valence-electron chi connectivity index (χ4n) is 3.35. The SMILES string of the molecule is c1ccc2c(c1)Cc1cc([C@H]3CCCN3)ccc1-2. The molecule has 4 rings (SSSR count). The minimum absolute atomic E-state index is 0.582. The van der Waals surface area contributed by atoms with Crippen LogP contribution in [0.3, 0.4) is 0 Å². The Morgan fingerprint density at radius 3 is 2.72 bits per heavy atom. The Balaban J connectivity index is 1.76. The van der Waals surface area contributed by atoms with Gasteiger partial charge in [0.2, 0.25) is 0 Å². The van der Waals surface area contributed by atoms with Crippen molar-refractivity contribution in [1.29, 1.82) is 0 Å². The predicted octanol–water partition coefficient (Wildman–Crippen LogP) is 3.68. The Hall–Kier alpha value is -1.60. The van der Waals surface area contributed by atoms with Crippen LogP contribution in [0.4, 0.5) is 0 Å². The van der Waals surface area contributed by atoms with E-state index in [0.717, 1.165) is 6.42 Å². The maximum absolute atomic E-state index is 3.59. The number of rotatable bonds is 1. The van der Waals surface area contributed by atoms with Crippen molar-refractivity contribution in [2.75, 3.05) is 6.54 Å². The molecule has 18 heavy (non-hydrogen) atoms. The van der Waals surface area contributed by atoms with Gasteiger partial charge < -0.3 is 5.32 Å². The first-order valence-corrected chi connectivity index (χ1v) is 6.86. The van der Waals surface area contributed by atoms with Crippen molar-refractivity contribution < 1.29 is 0 Å². The molecule has 2 aromatic rings. The molecule has 0 radical (unpaired) electrons. The fourth-order valence-corrected chi connectivity index (χ4v) is 3.35. The lowest BCUT2D eigenvalue weighted by atomic mass is 9.99. The van der Waals surface area contributed by atoms with E-state index in [2.05, 4.69) is 47.8 Å².